The highest BCUT2D eigenvalue weighted by molar-refractivity contribution is 5.84. The predicted molar refractivity (Wildman–Crippen MR) is 174 cm³/mol. The highest BCUT2D eigenvalue weighted by Gasteiger charge is 2.14. The van der Waals surface area contributed by atoms with Gasteiger partial charge in [0.05, 0.1) is 22.1 Å². The summed E-state index contributed by atoms with van der Waals surface area (Å²) in [5.41, 5.74) is 7.47. The largest absolute Gasteiger partial charge is 0.268 e. The van der Waals surface area contributed by atoms with Crippen LogP contribution in [0, 0.1) is 18.8 Å². The van der Waals surface area contributed by atoms with E-state index in [1.807, 2.05) is 85.8 Å². The molecule has 2 heterocycles. The van der Waals surface area contributed by atoms with Crippen molar-refractivity contribution in [1.29, 1.82) is 0 Å². The molecule has 0 saturated carbocycles. The number of benzene rings is 4. The third-order valence-corrected chi connectivity index (χ3v) is 7.39. The second-order valence-electron chi connectivity index (χ2n) is 11.5. The van der Waals surface area contributed by atoms with Gasteiger partial charge >= 0.3 is 0 Å². The van der Waals surface area contributed by atoms with Crippen molar-refractivity contribution < 1.29 is 0 Å². The van der Waals surface area contributed by atoms with Crippen LogP contribution in [0.1, 0.15) is 54.4 Å². The zero-order valence-corrected chi connectivity index (χ0v) is 24.2. The van der Waals surface area contributed by atoms with E-state index in [4.69, 9.17) is 4.98 Å². The summed E-state index contributed by atoms with van der Waals surface area (Å²) in [5.74, 6) is 7.13. The van der Waals surface area contributed by atoms with Gasteiger partial charge in [0.1, 0.15) is 5.82 Å². The van der Waals surface area contributed by atoms with Gasteiger partial charge in [0.2, 0.25) is 0 Å². The Morgan fingerprint density at radius 1 is 0.762 bits per heavy atom. The topological polar surface area (TPSA) is 47.8 Å². The number of rotatable bonds is 3. The van der Waals surface area contributed by atoms with Crippen LogP contribution in [0.3, 0.4) is 0 Å². The Hall–Kier alpha value is -5.27. The van der Waals surface area contributed by atoms with Crippen molar-refractivity contribution in [3.63, 3.8) is 0 Å². The van der Waals surface area contributed by atoms with Crippen molar-refractivity contribution in [3.05, 3.63) is 147 Å². The normalized spacial score (nSPS) is 11.6. The smallest absolute Gasteiger partial charge is 0.266 e. The maximum atomic E-state index is 13.8. The first-order valence-corrected chi connectivity index (χ1v) is 14.0. The van der Waals surface area contributed by atoms with Gasteiger partial charge in [-0.1, -0.05) is 75.1 Å². The molecular formula is C38H31N3O. The van der Waals surface area contributed by atoms with Gasteiger partial charge in [-0.25, -0.2) is 4.98 Å². The summed E-state index contributed by atoms with van der Waals surface area (Å²) >= 11 is 0. The Balaban J connectivity index is 1.39. The molecule has 4 nitrogen and oxygen atoms in total. The summed E-state index contributed by atoms with van der Waals surface area (Å²) in [6.07, 6.45) is 5.68. The number of hydrogen-bond donors (Lipinski definition) is 0. The van der Waals surface area contributed by atoms with Crippen molar-refractivity contribution in [2.75, 3.05) is 0 Å². The number of fused-ring (bicyclic) bond motifs is 2. The number of para-hydroxylation sites is 1. The average molecular weight is 546 g/mol. The first kappa shape index (κ1) is 26.9. The minimum atomic E-state index is -0.108. The van der Waals surface area contributed by atoms with E-state index in [1.54, 1.807) is 10.8 Å². The fraction of sp³-hybridized carbons (Fsp3) is 0.132. The average Bonchev–Trinajstić information content (AvgIpc) is 2.99. The zero-order chi connectivity index (χ0) is 29.3. The molecule has 42 heavy (non-hydrogen) atoms. The van der Waals surface area contributed by atoms with E-state index >= 15 is 0 Å². The first-order chi connectivity index (χ1) is 20.3. The quantitative estimate of drug-likeness (QED) is 0.211. The summed E-state index contributed by atoms with van der Waals surface area (Å²) in [7, 11) is 0. The molecule has 0 unspecified atom stereocenters. The van der Waals surface area contributed by atoms with Gasteiger partial charge in [-0.05, 0) is 95.8 Å². The minimum Gasteiger partial charge on any atom is -0.268 e. The van der Waals surface area contributed by atoms with Crippen LogP contribution < -0.4 is 5.56 Å². The fourth-order valence-electron chi connectivity index (χ4n) is 5.05. The van der Waals surface area contributed by atoms with Crippen LogP contribution >= 0.6 is 0 Å². The summed E-state index contributed by atoms with van der Waals surface area (Å²) in [4.78, 5) is 23.1. The number of nitrogens with zero attached hydrogens (tertiary/aromatic N) is 3. The molecule has 6 aromatic rings. The van der Waals surface area contributed by atoms with Gasteiger partial charge in [-0.2, -0.15) is 0 Å². The number of pyridine rings is 1. The zero-order valence-electron chi connectivity index (χ0n) is 24.2. The molecule has 0 spiro atoms. The molecule has 0 amide bonds. The van der Waals surface area contributed by atoms with Crippen LogP contribution in [0.4, 0.5) is 0 Å². The van der Waals surface area contributed by atoms with Crippen LogP contribution in [0.2, 0.25) is 0 Å². The number of aromatic nitrogens is 3. The Morgan fingerprint density at radius 2 is 1.52 bits per heavy atom. The SMILES string of the molecule is Cc1cc(C#Cc2ccc(C(C)(C)C)cc2)ccc1-n1c(/C=C/c2ccc3ncccc3c2)nc2ccccc2c1=O. The van der Waals surface area contributed by atoms with E-state index in [1.165, 1.54) is 5.56 Å². The molecule has 0 aliphatic rings. The highest BCUT2D eigenvalue weighted by Crippen LogP contribution is 2.23. The second kappa shape index (κ2) is 11.0. The van der Waals surface area contributed by atoms with Crippen molar-refractivity contribution in [2.45, 2.75) is 33.1 Å². The Labute approximate surface area is 246 Å². The van der Waals surface area contributed by atoms with Gasteiger partial charge in [0.15, 0.2) is 0 Å². The van der Waals surface area contributed by atoms with Crippen molar-refractivity contribution in [3.8, 4) is 17.5 Å². The fourth-order valence-corrected chi connectivity index (χ4v) is 5.05. The molecular weight excluding hydrogens is 514 g/mol. The Morgan fingerprint density at radius 3 is 2.31 bits per heavy atom. The lowest BCUT2D eigenvalue weighted by Gasteiger charge is -2.18. The molecule has 0 saturated heterocycles. The molecule has 0 bridgehead atoms. The highest BCUT2D eigenvalue weighted by atomic mass is 16.1. The molecule has 0 atom stereocenters. The molecule has 0 aliphatic heterocycles. The Kier molecular flexibility index (Phi) is 7.02. The van der Waals surface area contributed by atoms with Crippen molar-refractivity contribution >= 4 is 34.0 Å². The van der Waals surface area contributed by atoms with E-state index in [-0.39, 0.29) is 11.0 Å². The van der Waals surface area contributed by atoms with Crippen LogP contribution in [0.25, 0.3) is 39.6 Å². The molecule has 4 aromatic carbocycles. The van der Waals surface area contributed by atoms with Gasteiger partial charge in [-0.15, -0.1) is 0 Å². The maximum absolute atomic E-state index is 13.8. The summed E-state index contributed by atoms with van der Waals surface area (Å²) in [6, 6.07) is 31.9. The van der Waals surface area contributed by atoms with E-state index in [0.717, 1.165) is 38.8 Å². The molecule has 0 aliphatic carbocycles. The van der Waals surface area contributed by atoms with E-state index in [2.05, 4.69) is 67.9 Å². The third-order valence-electron chi connectivity index (χ3n) is 7.39. The summed E-state index contributed by atoms with van der Waals surface area (Å²) in [6.45, 7) is 8.62. The molecule has 0 fully saturated rings. The minimum absolute atomic E-state index is 0.107. The maximum Gasteiger partial charge on any atom is 0.266 e. The van der Waals surface area contributed by atoms with Gasteiger partial charge < -0.3 is 0 Å². The Bertz CT molecular complexity index is 2100. The summed E-state index contributed by atoms with van der Waals surface area (Å²) in [5, 5.41) is 1.63. The first-order valence-electron chi connectivity index (χ1n) is 14.0. The monoisotopic (exact) mass is 545 g/mol. The lowest BCUT2D eigenvalue weighted by molar-refractivity contribution is 0.590. The van der Waals surface area contributed by atoms with Gasteiger partial charge in [-0.3, -0.25) is 14.3 Å². The van der Waals surface area contributed by atoms with E-state index in [9.17, 15) is 4.79 Å². The van der Waals surface area contributed by atoms with Crippen LogP contribution in [0.5, 0.6) is 0 Å². The molecule has 6 rings (SSSR count). The number of hydrogen-bond acceptors (Lipinski definition) is 3. The summed E-state index contributed by atoms with van der Waals surface area (Å²) < 4.78 is 1.69. The lowest BCUT2D eigenvalue weighted by Crippen LogP contribution is -2.23. The molecule has 0 N–H and O–H groups in total. The van der Waals surface area contributed by atoms with Crippen LogP contribution in [-0.2, 0) is 5.41 Å². The lowest BCUT2D eigenvalue weighted by atomic mass is 9.87. The van der Waals surface area contributed by atoms with Gasteiger partial charge in [0, 0.05) is 22.7 Å². The molecule has 2 aromatic heterocycles. The van der Waals surface area contributed by atoms with E-state index < -0.39 is 0 Å². The number of aryl methyl sites for hydroxylation is 1. The van der Waals surface area contributed by atoms with Crippen molar-refractivity contribution in [1.82, 2.24) is 14.5 Å². The predicted octanol–water partition coefficient (Wildman–Crippen LogP) is 8.11. The van der Waals surface area contributed by atoms with Gasteiger partial charge in [0.25, 0.3) is 5.56 Å². The third kappa shape index (κ3) is 5.50. The van der Waals surface area contributed by atoms with Crippen molar-refractivity contribution in [2.24, 2.45) is 0 Å². The second-order valence-corrected chi connectivity index (χ2v) is 11.5. The molecule has 204 valence electrons. The van der Waals surface area contributed by atoms with Crippen LogP contribution in [0.15, 0.2) is 108 Å². The van der Waals surface area contributed by atoms with E-state index in [0.29, 0.717) is 16.7 Å². The standard InChI is InChI=1S/C38H31N3O/c1-26-24-28(12-11-27-13-18-31(19-14-27)38(2,3)4)16-21-35(26)41-36(40-34-10-6-5-9-32(34)37(41)42)22-17-29-15-20-33-30(25-29)8-7-23-39-33/h5-10,13-25H,1-4H3/b22-17+. The van der Waals surface area contributed by atoms with Crippen LogP contribution in [-0.4, -0.2) is 14.5 Å². The molecule has 4 heteroatoms. The molecule has 0 radical (unpaired) electrons.